The number of allylic oxidation sites excluding steroid dienone is 2. The fraction of sp³-hybridized carbons (Fsp3) is 0. The predicted octanol–water partition coefficient (Wildman–Crippen LogP) is 16.3. The van der Waals surface area contributed by atoms with Crippen LogP contribution in [0.25, 0.3) is 87.1 Å². The summed E-state index contributed by atoms with van der Waals surface area (Å²) in [6.07, 6.45) is 2.27. The van der Waals surface area contributed by atoms with E-state index in [1.807, 2.05) is 0 Å². The number of thiophene rings is 1. The fourth-order valence-corrected chi connectivity index (χ4v) is 9.53. The Labute approximate surface area is 346 Å². The molecule has 278 valence electrons. The first-order chi connectivity index (χ1) is 29.2. The Hall–Kier alpha value is -7.46. The quantitative estimate of drug-likeness (QED) is 0.113. The van der Waals surface area contributed by atoms with Gasteiger partial charge in [-0.25, -0.2) is 0 Å². The smallest absolute Gasteiger partial charge is 0.145 e. The molecule has 0 fully saturated rings. The lowest BCUT2D eigenvalue weighted by Gasteiger charge is -2.30. The van der Waals surface area contributed by atoms with E-state index in [4.69, 9.17) is 11.0 Å². The minimum atomic E-state index is 0.843. The average molecular weight is 772 g/mol. The third-order valence-corrected chi connectivity index (χ3v) is 12.4. The lowest BCUT2D eigenvalue weighted by molar-refractivity contribution is 0.670. The van der Waals surface area contributed by atoms with Crippen molar-refractivity contribution in [3.8, 4) is 22.3 Å². The van der Waals surface area contributed by atoms with Crippen LogP contribution in [-0.2, 0) is 0 Å². The van der Waals surface area contributed by atoms with Crippen LogP contribution in [-0.4, -0.2) is 0 Å². The molecule has 11 aromatic rings. The molecule has 0 saturated heterocycles. The zero-order valence-electron chi connectivity index (χ0n) is 32.2. The van der Waals surface area contributed by atoms with Gasteiger partial charge in [0.15, 0.2) is 0 Å². The molecule has 0 N–H and O–H groups in total. The van der Waals surface area contributed by atoms with E-state index in [1.165, 1.54) is 31.6 Å². The zero-order chi connectivity index (χ0) is 39.3. The monoisotopic (exact) mass is 771 g/mol. The predicted molar refractivity (Wildman–Crippen MR) is 253 cm³/mol. The second kappa shape index (κ2) is 14.5. The molecule has 0 unspecified atom stereocenters. The number of furan rings is 1. The average Bonchev–Trinajstić information content (AvgIpc) is 3.92. The number of fused-ring (bicyclic) bond motifs is 7. The Morgan fingerprint density at radius 2 is 1.19 bits per heavy atom. The minimum absolute atomic E-state index is 0.843. The van der Waals surface area contributed by atoms with E-state index >= 15 is 0 Å². The van der Waals surface area contributed by atoms with Crippen molar-refractivity contribution >= 4 is 87.6 Å². The molecule has 0 aliphatic carbocycles. The van der Waals surface area contributed by atoms with Gasteiger partial charge in [-0.3, -0.25) is 0 Å². The molecule has 0 radical (unpaired) electrons. The lowest BCUT2D eigenvalue weighted by atomic mass is 9.96. The van der Waals surface area contributed by atoms with E-state index in [0.717, 1.165) is 78.0 Å². The van der Waals surface area contributed by atoms with Gasteiger partial charge in [-0.15, -0.1) is 11.3 Å². The molecule has 0 spiro atoms. The van der Waals surface area contributed by atoms with Crippen LogP contribution in [0.1, 0.15) is 11.1 Å². The van der Waals surface area contributed by atoms with Crippen molar-refractivity contribution in [2.45, 2.75) is 0 Å². The summed E-state index contributed by atoms with van der Waals surface area (Å²) >= 11 is 1.77. The number of rotatable bonds is 8. The summed E-state index contributed by atoms with van der Waals surface area (Å²) in [6.45, 7) is 4.69. The van der Waals surface area contributed by atoms with E-state index in [0.29, 0.717) is 0 Å². The standard InChI is InChI=1S/C56H37NOS/c1-37(38-15-5-2-6-16-38)33-52(50-36-59-54-24-14-13-23-47(50)54)57(44-29-27-42-26-25-41-21-11-12-22-45(41)49(42)35-44)51-32-31-46(40-19-9-4-10-20-40)56-55(51)48-30-28-43(34-53(48)58-56)39-17-7-3-8-18-39/h2-36H,1H2/b52-33+. The Balaban J connectivity index is 1.26. The summed E-state index contributed by atoms with van der Waals surface area (Å²) in [5.74, 6) is 0. The largest absolute Gasteiger partial charge is 0.455 e. The summed E-state index contributed by atoms with van der Waals surface area (Å²) < 4.78 is 8.32. The molecule has 2 nitrogen and oxygen atoms in total. The molecule has 9 aromatic carbocycles. The Kier molecular flexibility index (Phi) is 8.53. The molecule has 2 heterocycles. The molecular weight excluding hydrogens is 735 g/mol. The summed E-state index contributed by atoms with van der Waals surface area (Å²) in [6, 6.07) is 71.4. The minimum Gasteiger partial charge on any atom is -0.455 e. The molecule has 0 amide bonds. The van der Waals surface area contributed by atoms with E-state index in [1.54, 1.807) is 11.3 Å². The number of benzene rings is 9. The maximum atomic E-state index is 7.08. The Bertz CT molecular complexity index is 3390. The highest BCUT2D eigenvalue weighted by Crippen LogP contribution is 2.49. The van der Waals surface area contributed by atoms with Crippen molar-refractivity contribution in [2.75, 3.05) is 4.90 Å². The summed E-state index contributed by atoms with van der Waals surface area (Å²) in [7, 11) is 0. The first kappa shape index (κ1) is 34.8. The molecule has 0 aliphatic rings. The molecule has 59 heavy (non-hydrogen) atoms. The maximum absolute atomic E-state index is 7.08. The highest BCUT2D eigenvalue weighted by molar-refractivity contribution is 7.17. The summed E-state index contributed by atoms with van der Waals surface area (Å²) in [4.78, 5) is 2.45. The van der Waals surface area contributed by atoms with Crippen LogP contribution in [0.15, 0.2) is 223 Å². The molecule has 0 aliphatic heterocycles. The number of nitrogens with zero attached hydrogens (tertiary/aromatic N) is 1. The van der Waals surface area contributed by atoms with Crippen LogP contribution in [0.4, 0.5) is 11.4 Å². The van der Waals surface area contributed by atoms with E-state index < -0.39 is 0 Å². The van der Waals surface area contributed by atoms with Crippen molar-refractivity contribution in [1.82, 2.24) is 0 Å². The first-order valence-electron chi connectivity index (χ1n) is 19.9. The van der Waals surface area contributed by atoms with Gasteiger partial charge >= 0.3 is 0 Å². The first-order valence-corrected chi connectivity index (χ1v) is 20.8. The zero-order valence-corrected chi connectivity index (χ0v) is 33.0. The van der Waals surface area contributed by atoms with Crippen LogP contribution in [0.2, 0.25) is 0 Å². The van der Waals surface area contributed by atoms with Gasteiger partial charge in [-0.2, -0.15) is 0 Å². The van der Waals surface area contributed by atoms with Crippen molar-refractivity contribution in [1.29, 1.82) is 0 Å². The van der Waals surface area contributed by atoms with Crippen LogP contribution < -0.4 is 4.90 Å². The highest BCUT2D eigenvalue weighted by Gasteiger charge is 2.26. The Morgan fingerprint density at radius 1 is 0.525 bits per heavy atom. The second-order valence-corrected chi connectivity index (χ2v) is 15.9. The molecule has 3 heteroatoms. The van der Waals surface area contributed by atoms with Gasteiger partial charge in [0.25, 0.3) is 0 Å². The van der Waals surface area contributed by atoms with E-state index in [2.05, 4.69) is 217 Å². The number of anilines is 2. The van der Waals surface area contributed by atoms with E-state index in [9.17, 15) is 0 Å². The van der Waals surface area contributed by atoms with Crippen molar-refractivity contribution < 1.29 is 4.42 Å². The molecule has 0 saturated carbocycles. The van der Waals surface area contributed by atoms with E-state index in [-0.39, 0.29) is 0 Å². The van der Waals surface area contributed by atoms with Gasteiger partial charge in [0.1, 0.15) is 11.2 Å². The molecule has 11 rings (SSSR count). The van der Waals surface area contributed by atoms with Gasteiger partial charge in [0.05, 0.1) is 16.8 Å². The van der Waals surface area contributed by atoms with Gasteiger partial charge in [-0.1, -0.05) is 164 Å². The van der Waals surface area contributed by atoms with Gasteiger partial charge in [-0.05, 0) is 97.9 Å². The maximum Gasteiger partial charge on any atom is 0.145 e. The molecule has 0 atom stereocenters. The van der Waals surface area contributed by atoms with Gasteiger partial charge < -0.3 is 9.32 Å². The highest BCUT2D eigenvalue weighted by atomic mass is 32.1. The van der Waals surface area contributed by atoms with Crippen LogP contribution in [0, 0.1) is 0 Å². The normalized spacial score (nSPS) is 11.9. The van der Waals surface area contributed by atoms with Crippen LogP contribution >= 0.6 is 11.3 Å². The fourth-order valence-electron chi connectivity index (χ4n) is 8.58. The second-order valence-electron chi connectivity index (χ2n) is 15.0. The van der Waals surface area contributed by atoms with Crippen LogP contribution in [0.3, 0.4) is 0 Å². The SMILES string of the molecule is C=C(/C=C(\c1csc2ccccc12)N(c1ccc2ccc3ccccc3c2c1)c1ccc(-c2ccccc2)c2oc3cc(-c4ccccc4)ccc3c12)c1ccccc1. The topological polar surface area (TPSA) is 16.4 Å². The van der Waals surface area contributed by atoms with Gasteiger partial charge in [0, 0.05) is 37.7 Å². The summed E-state index contributed by atoms with van der Waals surface area (Å²) in [5, 5.41) is 10.4. The third-order valence-electron chi connectivity index (χ3n) is 11.5. The van der Waals surface area contributed by atoms with Crippen molar-refractivity contribution in [3.05, 3.63) is 229 Å². The molecule has 0 bridgehead atoms. The van der Waals surface area contributed by atoms with Gasteiger partial charge in [0.2, 0.25) is 0 Å². The summed E-state index contributed by atoms with van der Waals surface area (Å²) in [5.41, 5.74) is 12.3. The Morgan fingerprint density at radius 3 is 1.98 bits per heavy atom. The molecular formula is C56H37NOS. The molecule has 2 aromatic heterocycles. The van der Waals surface area contributed by atoms with Crippen molar-refractivity contribution in [3.63, 3.8) is 0 Å². The van der Waals surface area contributed by atoms with Crippen molar-refractivity contribution in [2.24, 2.45) is 0 Å². The van der Waals surface area contributed by atoms with Crippen LogP contribution in [0.5, 0.6) is 0 Å². The third kappa shape index (κ3) is 6.12. The lowest BCUT2D eigenvalue weighted by Crippen LogP contribution is -2.16. The number of hydrogen-bond acceptors (Lipinski definition) is 3. The number of hydrogen-bond donors (Lipinski definition) is 0.